The predicted octanol–water partition coefficient (Wildman–Crippen LogP) is 2.27. The highest BCUT2D eigenvalue weighted by molar-refractivity contribution is 5.80. The van der Waals surface area contributed by atoms with Gasteiger partial charge in [0, 0.05) is 6.08 Å². The third kappa shape index (κ3) is 3.85. The van der Waals surface area contributed by atoms with Crippen molar-refractivity contribution in [3.63, 3.8) is 0 Å². The van der Waals surface area contributed by atoms with Crippen LogP contribution < -0.4 is 4.74 Å². The molecule has 1 rings (SSSR count). The van der Waals surface area contributed by atoms with Crippen molar-refractivity contribution < 1.29 is 14.6 Å². The Bertz CT molecular complexity index is 380. The van der Waals surface area contributed by atoms with Gasteiger partial charge in [0.25, 0.3) is 0 Å². The van der Waals surface area contributed by atoms with E-state index in [2.05, 4.69) is 0 Å². The number of ether oxygens (including phenoxy) is 1. The minimum atomic E-state index is -0.907. The molecule has 0 spiro atoms. The van der Waals surface area contributed by atoms with E-state index in [1.165, 1.54) is 6.08 Å². The van der Waals surface area contributed by atoms with Crippen LogP contribution >= 0.6 is 0 Å². The minimum Gasteiger partial charge on any atom is -0.497 e. The summed E-state index contributed by atoms with van der Waals surface area (Å²) >= 11 is 0. The number of methoxy groups -OCH3 is 1. The van der Waals surface area contributed by atoms with Gasteiger partial charge in [-0.3, -0.25) is 0 Å². The summed E-state index contributed by atoms with van der Waals surface area (Å²) in [5, 5.41) is 8.56. The molecule has 1 aromatic carbocycles. The summed E-state index contributed by atoms with van der Waals surface area (Å²) in [4.78, 5) is 10.4. The van der Waals surface area contributed by atoms with Gasteiger partial charge in [-0.1, -0.05) is 17.7 Å². The highest BCUT2D eigenvalue weighted by Gasteiger charge is 1.99. The maximum Gasteiger partial charge on any atom is 0.328 e. The van der Waals surface area contributed by atoms with Crippen molar-refractivity contribution in [2.75, 3.05) is 7.11 Å². The Kier molecular flexibility index (Phi) is 3.92. The van der Waals surface area contributed by atoms with Gasteiger partial charge in [0.05, 0.1) is 7.11 Å². The van der Waals surface area contributed by atoms with Crippen LogP contribution in [0.3, 0.4) is 0 Å². The molecule has 0 aromatic heterocycles. The fraction of sp³-hybridized carbons (Fsp3) is 0.250. The van der Waals surface area contributed by atoms with Gasteiger partial charge < -0.3 is 9.84 Å². The molecule has 1 aromatic rings. The third-order valence-corrected chi connectivity index (χ3v) is 1.99. The maximum atomic E-state index is 10.4. The zero-order chi connectivity index (χ0) is 11.3. The van der Waals surface area contributed by atoms with Gasteiger partial charge in [-0.25, -0.2) is 4.79 Å². The first-order chi connectivity index (χ1) is 7.11. The molecule has 0 aliphatic heterocycles. The van der Waals surface area contributed by atoms with Gasteiger partial charge in [-0.2, -0.15) is 0 Å². The van der Waals surface area contributed by atoms with E-state index >= 15 is 0 Å². The lowest BCUT2D eigenvalue weighted by molar-refractivity contribution is -0.131. The molecule has 0 saturated carbocycles. The third-order valence-electron chi connectivity index (χ3n) is 1.99. The lowest BCUT2D eigenvalue weighted by atomic mass is 10.1. The molecule has 0 saturated heterocycles. The van der Waals surface area contributed by atoms with E-state index in [0.29, 0.717) is 6.42 Å². The quantitative estimate of drug-likeness (QED) is 0.769. The Labute approximate surface area is 89.0 Å². The second-order valence-electron chi connectivity index (χ2n) is 3.36. The van der Waals surface area contributed by atoms with Crippen LogP contribution in [0.25, 0.3) is 0 Å². The van der Waals surface area contributed by atoms with Gasteiger partial charge >= 0.3 is 5.97 Å². The summed E-state index contributed by atoms with van der Waals surface area (Å²) in [5.41, 5.74) is 1.86. The fourth-order valence-electron chi connectivity index (χ4n) is 1.37. The number of hydrogen-bond donors (Lipinski definition) is 1. The molecule has 0 heterocycles. The van der Waals surface area contributed by atoms with Gasteiger partial charge in [0.1, 0.15) is 5.75 Å². The molecular formula is C12H14O3. The molecule has 0 atom stereocenters. The lowest BCUT2D eigenvalue weighted by Gasteiger charge is -2.04. The van der Waals surface area contributed by atoms with E-state index in [4.69, 9.17) is 9.84 Å². The Balaban J connectivity index is 2.76. The van der Waals surface area contributed by atoms with Crippen molar-refractivity contribution in [3.05, 3.63) is 41.5 Å². The van der Waals surface area contributed by atoms with Crippen LogP contribution in [0, 0.1) is 0 Å². The molecule has 3 nitrogen and oxygen atoms in total. The number of benzene rings is 1. The van der Waals surface area contributed by atoms with Crippen LogP contribution in [-0.4, -0.2) is 18.2 Å². The van der Waals surface area contributed by atoms with Crippen molar-refractivity contribution in [1.82, 2.24) is 0 Å². The first-order valence-corrected chi connectivity index (χ1v) is 4.65. The molecule has 3 heteroatoms. The number of carbonyl (C=O) groups is 1. The number of carboxylic acids is 1. The van der Waals surface area contributed by atoms with Gasteiger partial charge in [-0.05, 0) is 31.0 Å². The second kappa shape index (κ2) is 5.20. The van der Waals surface area contributed by atoms with Gasteiger partial charge in [0.15, 0.2) is 0 Å². The molecule has 0 aliphatic rings. The Morgan fingerprint density at radius 1 is 1.53 bits per heavy atom. The summed E-state index contributed by atoms with van der Waals surface area (Å²) in [5.74, 6) is -0.119. The molecule has 0 bridgehead atoms. The van der Waals surface area contributed by atoms with Crippen LogP contribution in [-0.2, 0) is 11.2 Å². The summed E-state index contributed by atoms with van der Waals surface area (Å²) in [7, 11) is 1.61. The fourth-order valence-corrected chi connectivity index (χ4v) is 1.37. The number of hydrogen-bond acceptors (Lipinski definition) is 2. The van der Waals surface area contributed by atoms with Crippen LogP contribution in [0.2, 0.25) is 0 Å². The zero-order valence-electron chi connectivity index (χ0n) is 8.86. The van der Waals surface area contributed by atoms with Crippen molar-refractivity contribution in [1.29, 1.82) is 0 Å². The van der Waals surface area contributed by atoms with E-state index < -0.39 is 5.97 Å². The predicted molar refractivity (Wildman–Crippen MR) is 58.1 cm³/mol. The largest absolute Gasteiger partial charge is 0.497 e. The van der Waals surface area contributed by atoms with Crippen molar-refractivity contribution in [3.8, 4) is 5.75 Å². The molecule has 15 heavy (non-hydrogen) atoms. The van der Waals surface area contributed by atoms with E-state index in [9.17, 15) is 4.79 Å². The first-order valence-electron chi connectivity index (χ1n) is 4.65. The molecule has 0 radical (unpaired) electrons. The molecule has 80 valence electrons. The number of rotatable bonds is 4. The summed E-state index contributed by atoms with van der Waals surface area (Å²) in [6.07, 6.45) is 1.85. The van der Waals surface area contributed by atoms with Crippen LogP contribution in [0.5, 0.6) is 5.75 Å². The van der Waals surface area contributed by atoms with Crippen molar-refractivity contribution in [2.24, 2.45) is 0 Å². The molecule has 0 aliphatic carbocycles. The Morgan fingerprint density at radius 3 is 2.87 bits per heavy atom. The molecule has 0 unspecified atom stereocenters. The van der Waals surface area contributed by atoms with E-state index in [-0.39, 0.29) is 0 Å². The van der Waals surface area contributed by atoms with E-state index in [0.717, 1.165) is 16.9 Å². The highest BCUT2D eigenvalue weighted by atomic mass is 16.5. The Hall–Kier alpha value is -1.77. The average molecular weight is 206 g/mol. The second-order valence-corrected chi connectivity index (χ2v) is 3.36. The summed E-state index contributed by atoms with van der Waals surface area (Å²) in [6, 6.07) is 7.60. The maximum absolute atomic E-state index is 10.4. The molecule has 0 fully saturated rings. The highest BCUT2D eigenvalue weighted by Crippen LogP contribution is 2.15. The van der Waals surface area contributed by atoms with Crippen molar-refractivity contribution >= 4 is 5.97 Å². The topological polar surface area (TPSA) is 46.5 Å². The van der Waals surface area contributed by atoms with Gasteiger partial charge in [-0.15, -0.1) is 0 Å². The number of carboxylic acid groups (broad SMARTS) is 1. The standard InChI is InChI=1S/C12H14O3/c1-9(7-12(13)14)6-10-4-3-5-11(8-10)15-2/h3-5,7-8H,6H2,1-2H3,(H,13,14)/b9-7+. The van der Waals surface area contributed by atoms with Crippen LogP contribution in [0.4, 0.5) is 0 Å². The van der Waals surface area contributed by atoms with E-state index in [1.54, 1.807) is 14.0 Å². The zero-order valence-corrected chi connectivity index (χ0v) is 8.86. The smallest absolute Gasteiger partial charge is 0.328 e. The van der Waals surface area contributed by atoms with Gasteiger partial charge in [0.2, 0.25) is 0 Å². The molecule has 1 N–H and O–H groups in total. The first kappa shape index (κ1) is 11.3. The summed E-state index contributed by atoms with van der Waals surface area (Å²) < 4.78 is 5.08. The summed E-state index contributed by atoms with van der Waals surface area (Å²) in [6.45, 7) is 1.80. The average Bonchev–Trinajstić information content (AvgIpc) is 2.16. The number of allylic oxidation sites excluding steroid dienone is 1. The molecule has 0 amide bonds. The van der Waals surface area contributed by atoms with E-state index in [1.807, 2.05) is 24.3 Å². The van der Waals surface area contributed by atoms with Crippen molar-refractivity contribution in [2.45, 2.75) is 13.3 Å². The van der Waals surface area contributed by atoms with Crippen LogP contribution in [0.1, 0.15) is 12.5 Å². The molecular weight excluding hydrogens is 192 g/mol. The number of aliphatic carboxylic acids is 1. The minimum absolute atomic E-state index is 0.628. The SMILES string of the molecule is COc1cccc(C/C(C)=C/C(=O)O)c1. The lowest BCUT2D eigenvalue weighted by Crippen LogP contribution is -1.94. The normalized spacial score (nSPS) is 11.2. The Morgan fingerprint density at radius 2 is 2.27 bits per heavy atom. The van der Waals surface area contributed by atoms with Crippen LogP contribution in [0.15, 0.2) is 35.9 Å². The monoisotopic (exact) mass is 206 g/mol.